The van der Waals surface area contributed by atoms with Gasteiger partial charge in [-0.15, -0.1) is 0 Å². The smallest absolute Gasteiger partial charge is 0.261 e. The summed E-state index contributed by atoms with van der Waals surface area (Å²) in [5, 5.41) is 0. The van der Waals surface area contributed by atoms with Crippen molar-refractivity contribution >= 4 is 43.0 Å². The first-order valence-electron chi connectivity index (χ1n) is 6.15. The van der Waals surface area contributed by atoms with E-state index >= 15 is 0 Å². The molecule has 0 aliphatic rings. The van der Waals surface area contributed by atoms with Crippen LogP contribution in [0.4, 0.5) is 17.1 Å². The van der Waals surface area contributed by atoms with Gasteiger partial charge in [0, 0.05) is 29.9 Å². The van der Waals surface area contributed by atoms with E-state index < -0.39 is 10.0 Å². The van der Waals surface area contributed by atoms with Crippen molar-refractivity contribution in [3.63, 3.8) is 0 Å². The van der Waals surface area contributed by atoms with Crippen LogP contribution in [0, 0.1) is 0 Å². The molecule has 2 aromatic rings. The van der Waals surface area contributed by atoms with Gasteiger partial charge in [0.1, 0.15) is 0 Å². The van der Waals surface area contributed by atoms with E-state index in [1.807, 2.05) is 25.1 Å². The number of benzene rings is 2. The van der Waals surface area contributed by atoms with E-state index in [2.05, 4.69) is 20.7 Å². The second-order valence-electron chi connectivity index (χ2n) is 4.73. The van der Waals surface area contributed by atoms with Gasteiger partial charge in [-0.05, 0) is 52.3 Å². The third-order valence-electron chi connectivity index (χ3n) is 2.90. The lowest BCUT2D eigenvalue weighted by Gasteiger charge is -2.14. The number of anilines is 3. The number of nitrogens with zero attached hydrogens (tertiary/aromatic N) is 1. The van der Waals surface area contributed by atoms with Gasteiger partial charge < -0.3 is 10.6 Å². The average molecular weight is 370 g/mol. The molecule has 7 heteroatoms. The zero-order chi connectivity index (χ0) is 15.6. The Hall–Kier alpha value is -1.73. The van der Waals surface area contributed by atoms with Gasteiger partial charge in [0.25, 0.3) is 10.0 Å². The summed E-state index contributed by atoms with van der Waals surface area (Å²) in [5.74, 6) is 0. The lowest BCUT2D eigenvalue weighted by atomic mass is 10.3. The molecule has 0 bridgehead atoms. The maximum absolute atomic E-state index is 12.4. The third kappa shape index (κ3) is 3.68. The Morgan fingerprint density at radius 2 is 1.86 bits per heavy atom. The molecule has 0 saturated heterocycles. The normalized spacial score (nSPS) is 11.2. The van der Waals surface area contributed by atoms with Crippen molar-refractivity contribution in [2.24, 2.45) is 0 Å². The molecule has 0 aromatic heterocycles. The second kappa shape index (κ2) is 5.95. The Bertz CT molecular complexity index is 761. The second-order valence-corrected chi connectivity index (χ2v) is 7.27. The molecule has 0 radical (unpaired) electrons. The third-order valence-corrected chi connectivity index (χ3v) is 4.96. The molecule has 0 aliphatic carbocycles. The van der Waals surface area contributed by atoms with Crippen molar-refractivity contribution in [3.8, 4) is 0 Å². The van der Waals surface area contributed by atoms with Crippen molar-refractivity contribution < 1.29 is 8.42 Å². The Kier molecular flexibility index (Phi) is 4.43. The lowest BCUT2D eigenvalue weighted by Crippen LogP contribution is -2.14. The molecule has 2 aromatic carbocycles. The SMILES string of the molecule is CN(C)c1cccc(NS(=O)(=O)c2ccc(N)c(Br)c2)c1. The van der Waals surface area contributed by atoms with Crippen LogP contribution in [0.1, 0.15) is 0 Å². The fraction of sp³-hybridized carbons (Fsp3) is 0.143. The van der Waals surface area contributed by atoms with Crippen molar-refractivity contribution in [1.29, 1.82) is 0 Å². The molecule has 0 aliphatic heterocycles. The largest absolute Gasteiger partial charge is 0.398 e. The van der Waals surface area contributed by atoms with E-state index in [4.69, 9.17) is 5.73 Å². The Morgan fingerprint density at radius 3 is 2.48 bits per heavy atom. The zero-order valence-corrected chi connectivity index (χ0v) is 14.1. The van der Waals surface area contributed by atoms with Gasteiger partial charge in [0.15, 0.2) is 0 Å². The van der Waals surface area contributed by atoms with Crippen LogP contribution in [0.3, 0.4) is 0 Å². The zero-order valence-electron chi connectivity index (χ0n) is 11.7. The number of nitrogens with two attached hydrogens (primary N) is 1. The summed E-state index contributed by atoms with van der Waals surface area (Å²) in [6, 6.07) is 11.7. The quantitative estimate of drug-likeness (QED) is 0.812. The van der Waals surface area contributed by atoms with Crippen LogP contribution < -0.4 is 15.4 Å². The van der Waals surface area contributed by atoms with Crippen LogP contribution in [-0.2, 0) is 10.0 Å². The average Bonchev–Trinajstić information content (AvgIpc) is 2.41. The van der Waals surface area contributed by atoms with Crippen molar-refractivity contribution in [2.45, 2.75) is 4.90 Å². The van der Waals surface area contributed by atoms with Gasteiger partial charge in [0.2, 0.25) is 0 Å². The van der Waals surface area contributed by atoms with Gasteiger partial charge in [-0.1, -0.05) is 6.07 Å². The molecule has 0 saturated carbocycles. The molecule has 2 rings (SSSR count). The minimum atomic E-state index is -3.65. The molecule has 0 atom stereocenters. The topological polar surface area (TPSA) is 75.4 Å². The van der Waals surface area contributed by atoms with Crippen molar-refractivity contribution in [3.05, 3.63) is 46.9 Å². The van der Waals surface area contributed by atoms with Crippen LogP contribution in [0.15, 0.2) is 51.8 Å². The highest BCUT2D eigenvalue weighted by Gasteiger charge is 2.15. The van der Waals surface area contributed by atoms with Crippen LogP contribution in [0.5, 0.6) is 0 Å². The summed E-state index contributed by atoms with van der Waals surface area (Å²) < 4.78 is 27.8. The Balaban J connectivity index is 2.33. The van der Waals surface area contributed by atoms with E-state index in [0.29, 0.717) is 15.8 Å². The number of nitrogens with one attached hydrogen (secondary N) is 1. The summed E-state index contributed by atoms with van der Waals surface area (Å²) in [4.78, 5) is 2.05. The number of hydrogen-bond donors (Lipinski definition) is 2. The van der Waals surface area contributed by atoms with E-state index in [9.17, 15) is 8.42 Å². The van der Waals surface area contributed by atoms with Crippen LogP contribution >= 0.6 is 15.9 Å². The van der Waals surface area contributed by atoms with E-state index in [1.54, 1.807) is 24.3 Å². The number of rotatable bonds is 4. The highest BCUT2D eigenvalue weighted by molar-refractivity contribution is 9.10. The fourth-order valence-electron chi connectivity index (χ4n) is 1.74. The number of sulfonamides is 1. The fourth-order valence-corrected chi connectivity index (χ4v) is 3.34. The van der Waals surface area contributed by atoms with Gasteiger partial charge in [0.05, 0.1) is 10.6 Å². The van der Waals surface area contributed by atoms with Gasteiger partial charge in [-0.3, -0.25) is 4.72 Å². The highest BCUT2D eigenvalue weighted by atomic mass is 79.9. The highest BCUT2D eigenvalue weighted by Crippen LogP contribution is 2.25. The summed E-state index contributed by atoms with van der Waals surface area (Å²) in [6.07, 6.45) is 0. The molecule has 0 spiro atoms. The standard InChI is InChI=1S/C14H16BrN3O2S/c1-18(2)11-5-3-4-10(8-11)17-21(19,20)12-6-7-14(16)13(15)9-12/h3-9,17H,16H2,1-2H3. The Labute approximate surface area is 132 Å². The van der Waals surface area contributed by atoms with Gasteiger partial charge >= 0.3 is 0 Å². The molecule has 0 fully saturated rings. The summed E-state index contributed by atoms with van der Waals surface area (Å²) in [6.45, 7) is 0. The first kappa shape index (κ1) is 15.7. The summed E-state index contributed by atoms with van der Waals surface area (Å²) in [5.41, 5.74) is 7.58. The summed E-state index contributed by atoms with van der Waals surface area (Å²) >= 11 is 3.23. The monoisotopic (exact) mass is 369 g/mol. The molecular weight excluding hydrogens is 354 g/mol. The Morgan fingerprint density at radius 1 is 1.14 bits per heavy atom. The lowest BCUT2D eigenvalue weighted by molar-refractivity contribution is 0.601. The first-order chi connectivity index (χ1) is 9.79. The van der Waals surface area contributed by atoms with Gasteiger partial charge in [-0.2, -0.15) is 0 Å². The van der Waals surface area contributed by atoms with Crippen LogP contribution in [0.2, 0.25) is 0 Å². The summed E-state index contributed by atoms with van der Waals surface area (Å²) in [7, 11) is 0.138. The van der Waals surface area contributed by atoms with Crippen molar-refractivity contribution in [1.82, 2.24) is 0 Å². The molecular formula is C14H16BrN3O2S. The minimum Gasteiger partial charge on any atom is -0.398 e. The predicted molar refractivity (Wildman–Crippen MR) is 90.1 cm³/mol. The number of hydrogen-bond acceptors (Lipinski definition) is 4. The van der Waals surface area contributed by atoms with E-state index in [-0.39, 0.29) is 4.90 Å². The van der Waals surface area contributed by atoms with Crippen LogP contribution in [-0.4, -0.2) is 22.5 Å². The van der Waals surface area contributed by atoms with Crippen molar-refractivity contribution in [2.75, 3.05) is 29.5 Å². The predicted octanol–water partition coefficient (Wildman–Crippen LogP) is 2.90. The molecule has 3 N–H and O–H groups in total. The molecule has 5 nitrogen and oxygen atoms in total. The molecule has 0 heterocycles. The minimum absolute atomic E-state index is 0.152. The molecule has 0 amide bonds. The van der Waals surface area contributed by atoms with Crippen LogP contribution in [0.25, 0.3) is 0 Å². The molecule has 21 heavy (non-hydrogen) atoms. The number of nitrogen functional groups attached to an aromatic ring is 1. The molecule has 112 valence electrons. The van der Waals surface area contributed by atoms with Gasteiger partial charge in [-0.25, -0.2) is 8.42 Å². The first-order valence-corrected chi connectivity index (χ1v) is 8.42. The van der Waals surface area contributed by atoms with E-state index in [0.717, 1.165) is 5.69 Å². The maximum atomic E-state index is 12.4. The maximum Gasteiger partial charge on any atom is 0.261 e. The molecule has 0 unspecified atom stereocenters. The number of halogens is 1. The van der Waals surface area contributed by atoms with E-state index in [1.165, 1.54) is 12.1 Å².